The van der Waals surface area contributed by atoms with Crippen LogP contribution in [-0.2, 0) is 10.0 Å². The molecule has 1 aliphatic rings. The van der Waals surface area contributed by atoms with Crippen molar-refractivity contribution in [2.75, 3.05) is 13.1 Å². The van der Waals surface area contributed by atoms with Gasteiger partial charge in [0.25, 0.3) is 0 Å². The Kier molecular flexibility index (Phi) is 4.18. The van der Waals surface area contributed by atoms with E-state index in [1.54, 1.807) is 0 Å². The maximum atomic E-state index is 13.0. The predicted octanol–water partition coefficient (Wildman–Crippen LogP) is 2.33. The maximum Gasteiger partial charge on any atom is 0.243 e. The number of para-hydroxylation sites is 1. The number of sulfonamides is 1. The third-order valence-corrected chi connectivity index (χ3v) is 6.58. The first-order chi connectivity index (χ1) is 12.6. The van der Waals surface area contributed by atoms with E-state index >= 15 is 0 Å². The number of fused-ring (bicyclic) bond motifs is 1. The Hall–Kier alpha value is -2.76. The summed E-state index contributed by atoms with van der Waals surface area (Å²) in [5.41, 5.74) is 2.16. The van der Waals surface area contributed by atoms with Crippen LogP contribution in [0.4, 0.5) is 0 Å². The van der Waals surface area contributed by atoms with Crippen LogP contribution in [0, 0.1) is 11.3 Å². The molecule has 3 aromatic rings. The third kappa shape index (κ3) is 2.85. The summed E-state index contributed by atoms with van der Waals surface area (Å²) < 4.78 is 29.3. The maximum absolute atomic E-state index is 13.0. The van der Waals surface area contributed by atoms with Gasteiger partial charge in [-0.1, -0.05) is 17.3 Å². The largest absolute Gasteiger partial charge is 0.243 e. The van der Waals surface area contributed by atoms with Crippen molar-refractivity contribution in [3.05, 3.63) is 54.1 Å². The number of aromatic nitrogens is 3. The van der Waals surface area contributed by atoms with Crippen LogP contribution < -0.4 is 0 Å². The predicted molar refractivity (Wildman–Crippen MR) is 95.7 cm³/mol. The minimum atomic E-state index is -3.60. The summed E-state index contributed by atoms with van der Waals surface area (Å²) >= 11 is 0. The van der Waals surface area contributed by atoms with E-state index in [9.17, 15) is 8.42 Å². The number of piperidine rings is 1. The van der Waals surface area contributed by atoms with E-state index in [1.807, 2.05) is 35.0 Å². The summed E-state index contributed by atoms with van der Waals surface area (Å²) in [6.07, 6.45) is 1.61. The molecule has 26 heavy (non-hydrogen) atoms. The minimum absolute atomic E-state index is 0.0516. The van der Waals surface area contributed by atoms with Crippen molar-refractivity contribution in [2.45, 2.75) is 23.8 Å². The molecular formula is C18H17N5O2S. The molecule has 2 aromatic carbocycles. The second-order valence-electron chi connectivity index (χ2n) is 6.32. The molecule has 0 aliphatic carbocycles. The Morgan fingerprint density at radius 1 is 1.12 bits per heavy atom. The van der Waals surface area contributed by atoms with Crippen molar-refractivity contribution >= 4 is 21.1 Å². The first-order valence-corrected chi connectivity index (χ1v) is 9.84. The molecule has 132 valence electrons. The van der Waals surface area contributed by atoms with Gasteiger partial charge in [0.15, 0.2) is 0 Å². The molecule has 1 atom stereocenters. The van der Waals surface area contributed by atoms with Gasteiger partial charge in [-0.3, -0.25) is 0 Å². The van der Waals surface area contributed by atoms with E-state index in [-0.39, 0.29) is 10.9 Å². The van der Waals surface area contributed by atoms with Crippen molar-refractivity contribution in [2.24, 2.45) is 0 Å². The van der Waals surface area contributed by atoms with Crippen LogP contribution in [0.25, 0.3) is 11.0 Å². The van der Waals surface area contributed by atoms with Gasteiger partial charge in [-0.25, -0.2) is 13.1 Å². The standard InChI is InChI=1S/C18H17N5O2S/c19-12-14-7-9-16(10-8-14)26(24,25)22-11-3-4-15(13-22)23-18-6-2-1-5-17(18)20-21-23/h1-2,5-10,15H,3-4,11,13H2/t15-/m1/s1. The summed E-state index contributed by atoms with van der Waals surface area (Å²) in [4.78, 5) is 0.209. The molecule has 1 aromatic heterocycles. The molecule has 4 rings (SSSR count). The Morgan fingerprint density at radius 3 is 2.65 bits per heavy atom. The molecular weight excluding hydrogens is 350 g/mol. The smallest absolute Gasteiger partial charge is 0.240 e. The quantitative estimate of drug-likeness (QED) is 0.708. The van der Waals surface area contributed by atoms with Gasteiger partial charge in [0.1, 0.15) is 5.52 Å². The molecule has 0 saturated carbocycles. The number of nitrogens with zero attached hydrogens (tertiary/aromatic N) is 5. The molecule has 0 N–H and O–H groups in total. The van der Waals surface area contributed by atoms with Crippen LogP contribution in [0.15, 0.2) is 53.4 Å². The van der Waals surface area contributed by atoms with Crippen molar-refractivity contribution < 1.29 is 8.42 Å². The van der Waals surface area contributed by atoms with Crippen molar-refractivity contribution in [3.8, 4) is 6.07 Å². The fourth-order valence-electron chi connectivity index (χ4n) is 3.35. The number of hydrogen-bond donors (Lipinski definition) is 0. The van der Waals surface area contributed by atoms with Gasteiger partial charge in [-0.15, -0.1) is 5.10 Å². The van der Waals surface area contributed by atoms with Gasteiger partial charge in [-0.05, 0) is 49.2 Å². The highest BCUT2D eigenvalue weighted by Gasteiger charge is 2.32. The third-order valence-electron chi connectivity index (χ3n) is 4.70. The molecule has 7 nitrogen and oxygen atoms in total. The zero-order chi connectivity index (χ0) is 18.1. The summed E-state index contributed by atoms with van der Waals surface area (Å²) in [5.74, 6) is 0. The van der Waals surface area contributed by atoms with Crippen LogP contribution >= 0.6 is 0 Å². The highest BCUT2D eigenvalue weighted by atomic mass is 32.2. The van der Waals surface area contributed by atoms with Crippen molar-refractivity contribution in [1.29, 1.82) is 5.26 Å². The number of hydrogen-bond acceptors (Lipinski definition) is 5. The topological polar surface area (TPSA) is 91.9 Å². The van der Waals surface area contributed by atoms with E-state index < -0.39 is 10.0 Å². The normalized spacial score (nSPS) is 18.7. The Bertz CT molecular complexity index is 1080. The van der Waals surface area contributed by atoms with Crippen molar-refractivity contribution in [1.82, 2.24) is 19.3 Å². The molecule has 1 fully saturated rings. The summed E-state index contributed by atoms with van der Waals surface area (Å²) in [5, 5.41) is 17.3. The van der Waals surface area contributed by atoms with Gasteiger partial charge in [0.2, 0.25) is 10.0 Å². The Balaban J connectivity index is 1.62. The Morgan fingerprint density at radius 2 is 1.88 bits per heavy atom. The van der Waals surface area contributed by atoms with E-state index in [1.165, 1.54) is 28.6 Å². The average Bonchev–Trinajstić information content (AvgIpc) is 3.12. The van der Waals surface area contributed by atoms with Crippen molar-refractivity contribution in [3.63, 3.8) is 0 Å². The fraction of sp³-hybridized carbons (Fsp3) is 0.278. The van der Waals surface area contributed by atoms with Crippen LogP contribution in [0.3, 0.4) is 0 Å². The lowest BCUT2D eigenvalue weighted by Gasteiger charge is -2.32. The number of rotatable bonds is 3. The summed E-state index contributed by atoms with van der Waals surface area (Å²) in [7, 11) is -3.60. The van der Waals surface area contributed by atoms with E-state index in [2.05, 4.69) is 10.3 Å². The highest BCUT2D eigenvalue weighted by Crippen LogP contribution is 2.28. The van der Waals surface area contributed by atoms with Gasteiger partial charge in [0.05, 0.1) is 28.1 Å². The van der Waals surface area contributed by atoms with Gasteiger partial charge in [-0.2, -0.15) is 9.57 Å². The molecule has 0 bridgehead atoms. The molecule has 0 unspecified atom stereocenters. The Labute approximate surface area is 151 Å². The molecule has 2 heterocycles. The SMILES string of the molecule is N#Cc1ccc(S(=O)(=O)N2CCC[C@@H](n3nnc4ccccc43)C2)cc1. The van der Waals surface area contributed by atoms with Crippen LogP contribution in [-0.4, -0.2) is 40.8 Å². The number of nitriles is 1. The zero-order valence-electron chi connectivity index (χ0n) is 14.0. The molecule has 8 heteroatoms. The van der Waals surface area contributed by atoms with Crippen LogP contribution in [0.1, 0.15) is 24.4 Å². The molecule has 0 spiro atoms. The van der Waals surface area contributed by atoms with E-state index in [0.29, 0.717) is 18.7 Å². The monoisotopic (exact) mass is 367 g/mol. The van der Waals surface area contributed by atoms with E-state index in [0.717, 1.165) is 23.9 Å². The van der Waals surface area contributed by atoms with E-state index in [4.69, 9.17) is 5.26 Å². The summed E-state index contributed by atoms with van der Waals surface area (Å²) in [6, 6.07) is 15.7. The van der Waals surface area contributed by atoms with Gasteiger partial charge < -0.3 is 0 Å². The van der Waals surface area contributed by atoms with Crippen LogP contribution in [0.5, 0.6) is 0 Å². The lowest BCUT2D eigenvalue weighted by atomic mass is 10.1. The average molecular weight is 367 g/mol. The lowest BCUT2D eigenvalue weighted by Crippen LogP contribution is -2.40. The minimum Gasteiger partial charge on any atom is -0.240 e. The van der Waals surface area contributed by atoms with Gasteiger partial charge in [0, 0.05) is 13.1 Å². The summed E-state index contributed by atoms with van der Waals surface area (Å²) in [6.45, 7) is 0.834. The zero-order valence-corrected chi connectivity index (χ0v) is 14.8. The molecule has 0 radical (unpaired) electrons. The second kappa shape index (κ2) is 6.52. The van der Waals surface area contributed by atoms with Crippen LogP contribution in [0.2, 0.25) is 0 Å². The first-order valence-electron chi connectivity index (χ1n) is 8.40. The first kappa shape index (κ1) is 16.7. The molecule has 1 aliphatic heterocycles. The lowest BCUT2D eigenvalue weighted by molar-refractivity contribution is 0.255. The number of benzene rings is 2. The molecule has 1 saturated heterocycles. The second-order valence-corrected chi connectivity index (χ2v) is 8.26. The molecule has 0 amide bonds. The fourth-order valence-corrected chi connectivity index (χ4v) is 4.86. The van der Waals surface area contributed by atoms with Gasteiger partial charge >= 0.3 is 0 Å². The highest BCUT2D eigenvalue weighted by molar-refractivity contribution is 7.89.